The highest BCUT2D eigenvalue weighted by atomic mass is 16.6. The van der Waals surface area contributed by atoms with Crippen LogP contribution in [0.2, 0.25) is 0 Å². The molecule has 3 aromatic rings. The van der Waals surface area contributed by atoms with Crippen molar-refractivity contribution in [3.05, 3.63) is 70.5 Å². The van der Waals surface area contributed by atoms with E-state index in [1.165, 1.54) is 40.2 Å². The third-order valence-corrected chi connectivity index (χ3v) is 10.7. The number of benzene rings is 1. The van der Waals surface area contributed by atoms with Gasteiger partial charge in [0.15, 0.2) is 17.6 Å². The summed E-state index contributed by atoms with van der Waals surface area (Å²) in [6.45, 7) is 9.34. The van der Waals surface area contributed by atoms with Crippen LogP contribution in [0, 0.1) is 35.5 Å². The minimum Gasteiger partial charge on any atom is -0.505 e. The summed E-state index contributed by atoms with van der Waals surface area (Å²) in [7, 11) is 2.71. The van der Waals surface area contributed by atoms with E-state index in [2.05, 4.69) is 17.2 Å². The number of aliphatic hydroxyl groups is 4. The lowest BCUT2D eigenvalue weighted by atomic mass is 9.78. The normalized spacial score (nSPS) is 29.7. The minimum absolute atomic E-state index is 0.0419. The molecule has 2 bridgehead atoms. The van der Waals surface area contributed by atoms with Gasteiger partial charge in [0.1, 0.15) is 28.5 Å². The molecule has 1 aliphatic carbocycles. The van der Waals surface area contributed by atoms with Crippen molar-refractivity contribution in [3.8, 4) is 17.6 Å². The average molecular weight is 788 g/mol. The highest BCUT2D eigenvalue weighted by molar-refractivity contribution is 6.16. The highest BCUT2D eigenvalue weighted by Crippen LogP contribution is 2.33. The predicted octanol–water partition coefficient (Wildman–Crippen LogP) is 2.26. The molecule has 15 nitrogen and oxygen atoms in total. The van der Waals surface area contributed by atoms with Crippen LogP contribution in [0.4, 0.5) is 5.69 Å². The van der Waals surface area contributed by atoms with Gasteiger partial charge < -0.3 is 49.8 Å². The van der Waals surface area contributed by atoms with Gasteiger partial charge in [-0.25, -0.2) is 9.78 Å². The Balaban J connectivity index is 1.82. The number of amides is 1. The predicted molar refractivity (Wildman–Crippen MR) is 209 cm³/mol. The molecular formula is C42H49N3O12. The number of hydrogen-bond donors (Lipinski definition) is 6. The minimum atomic E-state index is -1.31. The summed E-state index contributed by atoms with van der Waals surface area (Å²) < 4.78 is 24.3. The van der Waals surface area contributed by atoms with Crippen molar-refractivity contribution in [2.75, 3.05) is 19.5 Å². The van der Waals surface area contributed by atoms with Crippen molar-refractivity contribution < 1.29 is 58.9 Å². The first-order valence-corrected chi connectivity index (χ1v) is 18.4. The van der Waals surface area contributed by atoms with Gasteiger partial charge in [-0.2, -0.15) is 0 Å². The van der Waals surface area contributed by atoms with E-state index in [1.54, 1.807) is 62.6 Å². The number of aromatic hydroxyl groups is 1. The number of pyridine rings is 1. The number of aromatic nitrogens is 2. The number of nitrogens with one attached hydrogen (secondary N) is 1. The SMILES string of the molecule is COC1C#CC(O)=c2c(O)c3c4c(nc5cc(CO)ccn54)c2=C1C(=O)O/C=C/[C@H](OC)[C@@H](C)[C@@H](OC(C)=O)[C@H](C)[C@H](O)[C@H](C)[C@@H](O)[C@@H](C)/C=C/C=C(/C)C(=O)N3. The van der Waals surface area contributed by atoms with E-state index in [9.17, 15) is 39.9 Å². The van der Waals surface area contributed by atoms with E-state index in [0.717, 1.165) is 6.26 Å². The fraction of sp³-hybridized carbons (Fsp3) is 0.429. The Kier molecular flexibility index (Phi) is 13.3. The largest absolute Gasteiger partial charge is 0.505 e. The molecule has 6 N–H and O–H groups in total. The van der Waals surface area contributed by atoms with Crippen LogP contribution in [-0.4, -0.2) is 97.5 Å². The van der Waals surface area contributed by atoms with Gasteiger partial charge in [-0.05, 0) is 36.6 Å². The molecule has 1 aliphatic heterocycles. The van der Waals surface area contributed by atoms with Crippen LogP contribution < -0.4 is 15.8 Å². The number of phenolic OH excluding ortho intramolecular Hbond substituents is 1. The molecule has 3 heterocycles. The lowest BCUT2D eigenvalue weighted by molar-refractivity contribution is -0.160. The monoisotopic (exact) mass is 787 g/mol. The standard InChI is InChI=1S/C42H49N3O12/c1-20-10-9-11-21(2)41(52)44-35-36-34(43-30-18-26(19-46)14-16-45(30)36)33-31(39(35)51)27(48)12-13-29(55-8)32(33)42(53)56-17-15-28(54-7)22(3)40(57-25(6)47)24(5)38(50)23(4)37(20)49/h9-11,14-18,20,22-24,28-29,37-38,40,46,48-51H,19H2,1-8H3,(H,44,52)/b10-9+,17-15+,21-11-/t20-,22+,23+,24+,28-,29?,37-,38+,40+/m0/s1. The number of ether oxygens (including phenoxy) is 4. The first kappa shape index (κ1) is 42.6. The summed E-state index contributed by atoms with van der Waals surface area (Å²) in [5.41, 5.74) is 0.728. The number of aliphatic hydroxyl groups excluding tert-OH is 4. The number of cyclic esters (lactones) is 1. The zero-order chi connectivity index (χ0) is 41.9. The fourth-order valence-corrected chi connectivity index (χ4v) is 7.38. The molecule has 9 atom stereocenters. The van der Waals surface area contributed by atoms with Gasteiger partial charge in [0.2, 0.25) is 0 Å². The van der Waals surface area contributed by atoms with E-state index in [0.29, 0.717) is 5.56 Å². The van der Waals surface area contributed by atoms with Crippen molar-refractivity contribution in [2.45, 2.75) is 78.7 Å². The summed E-state index contributed by atoms with van der Waals surface area (Å²) in [5, 5.41) is 58.3. The van der Waals surface area contributed by atoms with Gasteiger partial charge in [-0.15, -0.1) is 0 Å². The number of esters is 2. The molecule has 1 aromatic carbocycles. The maximum atomic E-state index is 14.2. The molecule has 0 radical (unpaired) electrons. The molecule has 0 saturated carbocycles. The number of phenols is 1. The van der Waals surface area contributed by atoms with Crippen molar-refractivity contribution in [3.63, 3.8) is 0 Å². The summed E-state index contributed by atoms with van der Waals surface area (Å²) in [4.78, 5) is 45.1. The Labute approximate surface area is 329 Å². The lowest BCUT2D eigenvalue weighted by Gasteiger charge is -2.38. The second kappa shape index (κ2) is 17.7. The van der Waals surface area contributed by atoms with E-state index in [1.807, 2.05) is 0 Å². The molecular weight excluding hydrogens is 738 g/mol. The maximum absolute atomic E-state index is 14.2. The number of hydrogen-bond acceptors (Lipinski definition) is 13. The molecule has 2 aliphatic rings. The second-order valence-electron chi connectivity index (χ2n) is 14.5. The first-order chi connectivity index (χ1) is 27.1. The van der Waals surface area contributed by atoms with Crippen LogP contribution >= 0.6 is 0 Å². The zero-order valence-corrected chi connectivity index (χ0v) is 33.0. The zero-order valence-electron chi connectivity index (χ0n) is 33.0. The van der Waals surface area contributed by atoms with Gasteiger partial charge in [0.05, 0.1) is 42.0 Å². The Morgan fingerprint density at radius 1 is 1.02 bits per heavy atom. The van der Waals surface area contributed by atoms with Crippen LogP contribution in [0.25, 0.3) is 28.0 Å². The number of imidazole rings is 1. The van der Waals surface area contributed by atoms with Crippen LogP contribution in [0.1, 0.15) is 47.1 Å². The molecule has 5 rings (SSSR count). The third-order valence-electron chi connectivity index (χ3n) is 10.7. The Morgan fingerprint density at radius 3 is 2.39 bits per heavy atom. The van der Waals surface area contributed by atoms with Gasteiger partial charge in [-0.1, -0.05) is 51.8 Å². The number of anilines is 1. The first-order valence-electron chi connectivity index (χ1n) is 18.4. The number of carbonyl (C=O) groups is 3. The van der Waals surface area contributed by atoms with Crippen molar-refractivity contribution >= 4 is 51.5 Å². The molecule has 0 saturated heterocycles. The van der Waals surface area contributed by atoms with Crippen molar-refractivity contribution in [1.29, 1.82) is 0 Å². The van der Waals surface area contributed by atoms with E-state index >= 15 is 0 Å². The molecule has 15 heteroatoms. The second-order valence-corrected chi connectivity index (χ2v) is 14.5. The lowest BCUT2D eigenvalue weighted by Crippen LogP contribution is -2.46. The quantitative estimate of drug-likeness (QED) is 0.127. The molecule has 57 heavy (non-hydrogen) atoms. The number of methoxy groups -OCH3 is 2. The fourth-order valence-electron chi connectivity index (χ4n) is 7.38. The van der Waals surface area contributed by atoms with Crippen molar-refractivity contribution in [1.82, 2.24) is 9.38 Å². The van der Waals surface area contributed by atoms with E-state index in [-0.39, 0.29) is 50.6 Å². The maximum Gasteiger partial charge on any atom is 0.343 e. The number of fused-ring (bicyclic) bond motifs is 1. The molecule has 304 valence electrons. The van der Waals surface area contributed by atoms with Gasteiger partial charge in [0.25, 0.3) is 5.91 Å². The molecule has 1 amide bonds. The smallest absolute Gasteiger partial charge is 0.343 e. The summed E-state index contributed by atoms with van der Waals surface area (Å²) >= 11 is 0. The third kappa shape index (κ3) is 8.46. The van der Waals surface area contributed by atoms with E-state index in [4.69, 9.17) is 23.9 Å². The van der Waals surface area contributed by atoms with Crippen LogP contribution in [0.3, 0.4) is 0 Å². The number of rotatable bonds is 4. The van der Waals surface area contributed by atoms with Crippen molar-refractivity contribution in [2.24, 2.45) is 23.7 Å². The van der Waals surface area contributed by atoms with Crippen LogP contribution in [-0.2, 0) is 39.9 Å². The molecule has 1 unspecified atom stereocenters. The van der Waals surface area contributed by atoms with Gasteiger partial charge in [-0.3, -0.25) is 14.0 Å². The molecule has 0 fully saturated rings. The summed E-state index contributed by atoms with van der Waals surface area (Å²) in [6, 6.07) is 3.19. The number of allylic oxidation sites excluding steroid dienone is 2. The number of carbonyl (C=O) groups excluding carboxylic acids is 3. The van der Waals surface area contributed by atoms with Gasteiger partial charge in [0, 0.05) is 61.8 Å². The number of nitrogens with zero attached hydrogens (tertiary/aromatic N) is 2. The highest BCUT2D eigenvalue weighted by Gasteiger charge is 2.39. The summed E-state index contributed by atoms with van der Waals surface area (Å²) in [5.74, 6) is -0.819. The summed E-state index contributed by atoms with van der Waals surface area (Å²) in [6.07, 6.45) is 3.59. The van der Waals surface area contributed by atoms with E-state index < -0.39 is 83.5 Å². The Morgan fingerprint density at radius 2 is 1.74 bits per heavy atom. The Hall–Kier alpha value is -5.50. The molecule has 0 spiro atoms. The average Bonchev–Trinajstić information content (AvgIpc) is 3.49. The van der Waals surface area contributed by atoms with Crippen LogP contribution in [0.15, 0.2) is 54.5 Å². The van der Waals surface area contributed by atoms with Gasteiger partial charge >= 0.3 is 11.9 Å². The topological polar surface area (TPSA) is 219 Å². The Bertz CT molecular complexity index is 2350. The van der Waals surface area contributed by atoms with Crippen LogP contribution in [0.5, 0.6) is 5.75 Å². The molecule has 2 aromatic heterocycles.